The number of aliphatic carboxylic acids is 1. The van der Waals surface area contributed by atoms with Crippen molar-refractivity contribution in [2.45, 2.75) is 12.5 Å². The van der Waals surface area contributed by atoms with Crippen molar-refractivity contribution in [1.82, 2.24) is 14.5 Å². The van der Waals surface area contributed by atoms with Gasteiger partial charge in [-0.2, -0.15) is 11.8 Å². The van der Waals surface area contributed by atoms with Crippen molar-refractivity contribution < 1.29 is 9.90 Å². The van der Waals surface area contributed by atoms with Crippen LogP contribution in [0.1, 0.15) is 6.42 Å². The fourth-order valence-electron chi connectivity index (χ4n) is 2.58. The average molecular weight is 411 g/mol. The maximum absolute atomic E-state index is 11.5. The number of anilines is 1. The van der Waals surface area contributed by atoms with E-state index in [4.69, 9.17) is 23.2 Å². The van der Waals surface area contributed by atoms with Gasteiger partial charge in [-0.05, 0) is 30.6 Å². The summed E-state index contributed by atoms with van der Waals surface area (Å²) in [5.41, 5.74) is 1.28. The zero-order valence-electron chi connectivity index (χ0n) is 13.8. The minimum atomic E-state index is -0.928. The Labute approximate surface area is 164 Å². The summed E-state index contributed by atoms with van der Waals surface area (Å²) in [6, 6.07) is 4.57. The van der Waals surface area contributed by atoms with Crippen molar-refractivity contribution in [3.05, 3.63) is 47.0 Å². The molecular formula is C17H16Cl2N4O2S. The lowest BCUT2D eigenvalue weighted by Crippen LogP contribution is -2.30. The van der Waals surface area contributed by atoms with Gasteiger partial charge in [0.05, 0.1) is 27.6 Å². The lowest BCUT2D eigenvalue weighted by atomic mass is 10.1. The molecule has 0 aliphatic carbocycles. The summed E-state index contributed by atoms with van der Waals surface area (Å²) in [6.07, 6.45) is 7.52. The zero-order valence-corrected chi connectivity index (χ0v) is 16.1. The van der Waals surface area contributed by atoms with Crippen LogP contribution in [0, 0.1) is 0 Å². The SMILES string of the molecule is CSCCC(Nc1cc(-n2ccnc2)c2ccc(Cl)c(Cl)c2n1)C(=O)O. The Morgan fingerprint density at radius 2 is 2.23 bits per heavy atom. The highest BCUT2D eigenvalue weighted by Gasteiger charge is 2.19. The van der Waals surface area contributed by atoms with Crippen molar-refractivity contribution in [2.24, 2.45) is 0 Å². The Bertz CT molecular complexity index is 934. The van der Waals surface area contributed by atoms with Gasteiger partial charge in [-0.1, -0.05) is 23.2 Å². The van der Waals surface area contributed by atoms with Crippen LogP contribution in [0.4, 0.5) is 5.82 Å². The lowest BCUT2D eigenvalue weighted by molar-refractivity contribution is -0.137. The van der Waals surface area contributed by atoms with Crippen LogP contribution in [0.25, 0.3) is 16.6 Å². The highest BCUT2D eigenvalue weighted by atomic mass is 35.5. The highest BCUT2D eigenvalue weighted by Crippen LogP contribution is 2.34. The van der Waals surface area contributed by atoms with E-state index in [0.29, 0.717) is 27.8 Å². The number of fused-ring (bicyclic) bond motifs is 1. The molecule has 2 N–H and O–H groups in total. The van der Waals surface area contributed by atoms with Crippen molar-refractivity contribution >= 4 is 57.7 Å². The van der Waals surface area contributed by atoms with Gasteiger partial charge in [0.25, 0.3) is 0 Å². The Balaban J connectivity index is 2.11. The number of carbonyl (C=O) groups is 1. The molecule has 136 valence electrons. The summed E-state index contributed by atoms with van der Waals surface area (Å²) >= 11 is 14.1. The first kappa shape index (κ1) is 18.8. The number of nitrogens with one attached hydrogen (secondary N) is 1. The molecule has 3 rings (SSSR count). The van der Waals surface area contributed by atoms with Crippen LogP contribution in [0.15, 0.2) is 36.9 Å². The van der Waals surface area contributed by atoms with Gasteiger partial charge >= 0.3 is 5.97 Å². The van der Waals surface area contributed by atoms with Crippen LogP contribution in [-0.2, 0) is 4.79 Å². The number of halogens is 2. The van der Waals surface area contributed by atoms with E-state index in [2.05, 4.69) is 15.3 Å². The third-order valence-electron chi connectivity index (χ3n) is 3.86. The summed E-state index contributed by atoms with van der Waals surface area (Å²) in [5, 5.41) is 14.0. The molecule has 0 spiro atoms. The van der Waals surface area contributed by atoms with E-state index in [0.717, 1.165) is 16.8 Å². The Morgan fingerprint density at radius 1 is 1.42 bits per heavy atom. The number of aromatic nitrogens is 3. The number of thioether (sulfide) groups is 1. The van der Waals surface area contributed by atoms with E-state index < -0.39 is 12.0 Å². The number of nitrogens with zero attached hydrogens (tertiary/aromatic N) is 3. The third kappa shape index (κ3) is 3.90. The minimum Gasteiger partial charge on any atom is -0.480 e. The lowest BCUT2D eigenvalue weighted by Gasteiger charge is -2.17. The summed E-state index contributed by atoms with van der Waals surface area (Å²) in [5.74, 6) is 0.208. The Morgan fingerprint density at radius 3 is 2.88 bits per heavy atom. The van der Waals surface area contributed by atoms with E-state index in [1.165, 1.54) is 0 Å². The van der Waals surface area contributed by atoms with Crippen LogP contribution < -0.4 is 5.32 Å². The van der Waals surface area contributed by atoms with Gasteiger partial charge in [-0.3, -0.25) is 0 Å². The van der Waals surface area contributed by atoms with Gasteiger partial charge in [-0.15, -0.1) is 0 Å². The second kappa shape index (κ2) is 8.16. The number of rotatable bonds is 7. The largest absolute Gasteiger partial charge is 0.480 e. The molecule has 6 nitrogen and oxygen atoms in total. The number of hydrogen-bond acceptors (Lipinski definition) is 5. The number of pyridine rings is 1. The number of hydrogen-bond donors (Lipinski definition) is 2. The first-order valence-electron chi connectivity index (χ1n) is 7.76. The molecule has 0 aliphatic rings. The fraction of sp³-hybridized carbons (Fsp3) is 0.235. The van der Waals surface area contributed by atoms with E-state index in [9.17, 15) is 9.90 Å². The molecule has 0 aliphatic heterocycles. The molecule has 2 heterocycles. The number of imidazole rings is 1. The van der Waals surface area contributed by atoms with Crippen molar-refractivity contribution in [3.63, 3.8) is 0 Å². The van der Waals surface area contributed by atoms with Gasteiger partial charge < -0.3 is 15.0 Å². The van der Waals surface area contributed by atoms with Crippen molar-refractivity contribution in [3.8, 4) is 5.69 Å². The maximum Gasteiger partial charge on any atom is 0.326 e. The maximum atomic E-state index is 11.5. The van der Waals surface area contributed by atoms with Gasteiger partial charge in [0.1, 0.15) is 11.9 Å². The van der Waals surface area contributed by atoms with E-state index in [1.807, 2.05) is 16.9 Å². The molecular weight excluding hydrogens is 395 g/mol. The molecule has 1 aromatic carbocycles. The number of carboxylic acid groups (broad SMARTS) is 1. The molecule has 0 amide bonds. The normalized spacial score (nSPS) is 12.3. The topological polar surface area (TPSA) is 80.0 Å². The first-order valence-corrected chi connectivity index (χ1v) is 9.91. The molecule has 2 aromatic heterocycles. The average Bonchev–Trinajstić information content (AvgIpc) is 3.15. The van der Waals surface area contributed by atoms with E-state index in [1.54, 1.807) is 42.6 Å². The fourth-order valence-corrected chi connectivity index (χ4v) is 3.41. The molecule has 0 saturated carbocycles. The van der Waals surface area contributed by atoms with Crippen LogP contribution in [0.2, 0.25) is 10.0 Å². The summed E-state index contributed by atoms with van der Waals surface area (Å²) in [4.78, 5) is 20.1. The number of carboxylic acids is 1. The smallest absolute Gasteiger partial charge is 0.326 e. The molecule has 3 aromatic rings. The Kier molecular flexibility index (Phi) is 5.90. The quantitative estimate of drug-likeness (QED) is 0.602. The van der Waals surface area contributed by atoms with Crippen LogP contribution in [0.3, 0.4) is 0 Å². The molecule has 1 unspecified atom stereocenters. The Hall–Kier alpha value is -1.96. The molecule has 0 fully saturated rings. The first-order chi connectivity index (χ1) is 12.5. The summed E-state index contributed by atoms with van der Waals surface area (Å²) in [7, 11) is 0. The van der Waals surface area contributed by atoms with Crippen molar-refractivity contribution in [2.75, 3.05) is 17.3 Å². The third-order valence-corrected chi connectivity index (χ3v) is 5.30. The second-order valence-electron chi connectivity index (χ2n) is 5.57. The molecule has 0 radical (unpaired) electrons. The highest BCUT2D eigenvalue weighted by molar-refractivity contribution is 7.98. The second-order valence-corrected chi connectivity index (χ2v) is 7.34. The van der Waals surface area contributed by atoms with Crippen molar-refractivity contribution in [1.29, 1.82) is 0 Å². The van der Waals surface area contributed by atoms with Gasteiger partial charge in [0, 0.05) is 23.8 Å². The molecule has 0 bridgehead atoms. The van der Waals surface area contributed by atoms with Gasteiger partial charge in [0.2, 0.25) is 0 Å². The van der Waals surface area contributed by atoms with E-state index >= 15 is 0 Å². The van der Waals surface area contributed by atoms with Gasteiger partial charge in [-0.25, -0.2) is 14.8 Å². The van der Waals surface area contributed by atoms with E-state index in [-0.39, 0.29) is 0 Å². The zero-order chi connectivity index (χ0) is 18.7. The molecule has 0 saturated heterocycles. The van der Waals surface area contributed by atoms with Crippen LogP contribution in [0.5, 0.6) is 0 Å². The predicted molar refractivity (Wildman–Crippen MR) is 107 cm³/mol. The summed E-state index contributed by atoms with van der Waals surface area (Å²) in [6.45, 7) is 0. The summed E-state index contributed by atoms with van der Waals surface area (Å²) < 4.78 is 1.82. The van der Waals surface area contributed by atoms with Gasteiger partial charge in [0.15, 0.2) is 0 Å². The van der Waals surface area contributed by atoms with Crippen LogP contribution >= 0.6 is 35.0 Å². The standard InChI is InChI=1S/C17H16Cl2N4O2S/c1-26-7-4-12(17(24)25)21-14-8-13(23-6-5-20-9-23)10-2-3-11(18)15(19)16(10)22-14/h2-3,5-6,8-9,12H,4,7H2,1H3,(H,21,22)(H,24,25). The minimum absolute atomic E-state index is 0.324. The monoisotopic (exact) mass is 410 g/mol. The molecule has 1 atom stereocenters. The molecule has 9 heteroatoms. The molecule has 26 heavy (non-hydrogen) atoms. The van der Waals surface area contributed by atoms with Crippen LogP contribution in [-0.4, -0.2) is 43.7 Å². The number of benzene rings is 1. The predicted octanol–water partition coefficient (Wildman–Crippen LogP) is 4.35.